The molecule has 106 valence electrons. The molecule has 0 aliphatic rings. The predicted octanol–water partition coefficient (Wildman–Crippen LogP) is 3.45. The van der Waals surface area contributed by atoms with Crippen molar-refractivity contribution in [2.75, 3.05) is 14.2 Å². The van der Waals surface area contributed by atoms with Crippen LogP contribution in [0.3, 0.4) is 0 Å². The first-order chi connectivity index (χ1) is 9.49. The van der Waals surface area contributed by atoms with Gasteiger partial charge in [0.05, 0.1) is 26.0 Å². The maximum Gasteiger partial charge on any atom is 0.307 e. The van der Waals surface area contributed by atoms with Crippen LogP contribution >= 0.6 is 11.6 Å². The lowest BCUT2D eigenvalue weighted by molar-refractivity contribution is -0.136. The van der Waals surface area contributed by atoms with Gasteiger partial charge >= 0.3 is 5.97 Å². The zero-order valence-electron chi connectivity index (χ0n) is 11.5. The van der Waals surface area contributed by atoms with Gasteiger partial charge in [-0.3, -0.25) is 4.79 Å². The van der Waals surface area contributed by atoms with Crippen LogP contribution in [0.5, 0.6) is 11.5 Å². The summed E-state index contributed by atoms with van der Waals surface area (Å²) in [6, 6.07) is 5.23. The summed E-state index contributed by atoms with van der Waals surface area (Å²) >= 11 is 6.27. The van der Waals surface area contributed by atoms with E-state index in [0.29, 0.717) is 22.1 Å². The number of ether oxygens (including phenoxy) is 2. The summed E-state index contributed by atoms with van der Waals surface area (Å²) in [4.78, 5) is 11.0. The van der Waals surface area contributed by atoms with Crippen molar-refractivity contribution >= 4 is 28.3 Å². The van der Waals surface area contributed by atoms with Gasteiger partial charge < -0.3 is 14.6 Å². The number of fused-ring (bicyclic) bond motifs is 1. The Hall–Kier alpha value is -1.94. The highest BCUT2D eigenvalue weighted by atomic mass is 35.5. The smallest absolute Gasteiger partial charge is 0.307 e. The van der Waals surface area contributed by atoms with Crippen molar-refractivity contribution < 1.29 is 19.4 Å². The van der Waals surface area contributed by atoms with E-state index in [4.69, 9.17) is 26.2 Å². The van der Waals surface area contributed by atoms with E-state index in [1.165, 1.54) is 7.11 Å². The fourth-order valence-electron chi connectivity index (χ4n) is 2.35. The van der Waals surface area contributed by atoms with E-state index in [1.807, 2.05) is 6.92 Å². The van der Waals surface area contributed by atoms with E-state index in [1.54, 1.807) is 25.3 Å². The highest BCUT2D eigenvalue weighted by molar-refractivity contribution is 6.36. The van der Waals surface area contributed by atoms with Gasteiger partial charge in [0.15, 0.2) is 0 Å². The van der Waals surface area contributed by atoms with Crippen LogP contribution in [0, 0.1) is 6.92 Å². The van der Waals surface area contributed by atoms with Crippen LogP contribution in [-0.2, 0) is 11.2 Å². The molecule has 0 radical (unpaired) electrons. The Balaban J connectivity index is 2.88. The molecule has 0 heterocycles. The summed E-state index contributed by atoms with van der Waals surface area (Å²) < 4.78 is 10.7. The van der Waals surface area contributed by atoms with E-state index < -0.39 is 5.97 Å². The maximum atomic E-state index is 11.0. The number of rotatable bonds is 4. The summed E-state index contributed by atoms with van der Waals surface area (Å²) in [5.41, 5.74) is 1.50. The molecule has 4 nitrogen and oxygen atoms in total. The number of halogens is 1. The predicted molar refractivity (Wildman–Crippen MR) is 78.1 cm³/mol. The van der Waals surface area contributed by atoms with Crippen molar-refractivity contribution in [2.24, 2.45) is 0 Å². The molecule has 2 aromatic rings. The first-order valence-electron chi connectivity index (χ1n) is 6.04. The van der Waals surface area contributed by atoms with Gasteiger partial charge in [-0.25, -0.2) is 0 Å². The molecule has 0 amide bonds. The quantitative estimate of drug-likeness (QED) is 0.938. The number of carbonyl (C=O) groups is 1. The number of aryl methyl sites for hydroxylation is 1. The molecular weight excluding hydrogens is 280 g/mol. The summed E-state index contributed by atoms with van der Waals surface area (Å²) in [7, 11) is 3.11. The van der Waals surface area contributed by atoms with Gasteiger partial charge in [-0.05, 0) is 36.2 Å². The number of hydrogen-bond donors (Lipinski definition) is 1. The van der Waals surface area contributed by atoms with E-state index in [9.17, 15) is 4.79 Å². The molecule has 0 unspecified atom stereocenters. The fourth-order valence-corrected chi connectivity index (χ4v) is 2.65. The van der Waals surface area contributed by atoms with Crippen molar-refractivity contribution in [3.8, 4) is 11.5 Å². The summed E-state index contributed by atoms with van der Waals surface area (Å²) in [6.45, 7) is 1.85. The number of benzene rings is 2. The van der Waals surface area contributed by atoms with Gasteiger partial charge in [0.1, 0.15) is 11.5 Å². The highest BCUT2D eigenvalue weighted by Crippen LogP contribution is 2.41. The Kier molecular flexibility index (Phi) is 4.04. The average Bonchev–Trinajstić information content (AvgIpc) is 2.41. The third-order valence-electron chi connectivity index (χ3n) is 3.31. The van der Waals surface area contributed by atoms with Gasteiger partial charge in [0.25, 0.3) is 0 Å². The number of hydrogen-bond acceptors (Lipinski definition) is 3. The summed E-state index contributed by atoms with van der Waals surface area (Å²) in [5, 5.41) is 11.1. The van der Waals surface area contributed by atoms with Gasteiger partial charge in [-0.1, -0.05) is 11.6 Å². The second-order valence-electron chi connectivity index (χ2n) is 4.43. The number of carboxylic acids is 1. The molecule has 0 spiro atoms. The van der Waals surface area contributed by atoms with Crippen LogP contribution in [0.4, 0.5) is 0 Å². The lowest BCUT2D eigenvalue weighted by atomic mass is 9.96. The standard InChI is InChI=1S/C15H15ClO4/c1-8-9(7-13(17)18)6-12(20-3)15-11(19-2)5-4-10(16)14(8)15/h4-6H,7H2,1-3H3,(H,17,18). The minimum Gasteiger partial charge on any atom is -0.496 e. The van der Waals surface area contributed by atoms with Crippen molar-refractivity contribution in [3.63, 3.8) is 0 Å². The van der Waals surface area contributed by atoms with E-state index in [0.717, 1.165) is 16.3 Å². The van der Waals surface area contributed by atoms with E-state index >= 15 is 0 Å². The second-order valence-corrected chi connectivity index (χ2v) is 4.84. The molecular formula is C15H15ClO4. The lowest BCUT2D eigenvalue weighted by Gasteiger charge is -2.16. The van der Waals surface area contributed by atoms with Gasteiger partial charge in [-0.2, -0.15) is 0 Å². The molecule has 0 fully saturated rings. The molecule has 0 saturated heterocycles. The monoisotopic (exact) mass is 294 g/mol. The van der Waals surface area contributed by atoms with Crippen molar-refractivity contribution in [1.29, 1.82) is 0 Å². The zero-order chi connectivity index (χ0) is 14.9. The maximum absolute atomic E-state index is 11.0. The largest absolute Gasteiger partial charge is 0.496 e. The number of methoxy groups -OCH3 is 2. The molecule has 2 rings (SSSR count). The third-order valence-corrected chi connectivity index (χ3v) is 3.62. The van der Waals surface area contributed by atoms with Crippen molar-refractivity contribution in [3.05, 3.63) is 34.3 Å². The van der Waals surface area contributed by atoms with Crippen LogP contribution in [0.1, 0.15) is 11.1 Å². The van der Waals surface area contributed by atoms with Gasteiger partial charge in [-0.15, -0.1) is 0 Å². The molecule has 20 heavy (non-hydrogen) atoms. The molecule has 0 aromatic heterocycles. The number of aliphatic carboxylic acids is 1. The number of carboxylic acid groups (broad SMARTS) is 1. The SMILES string of the molecule is COc1ccc(Cl)c2c(C)c(CC(=O)O)cc(OC)c12. The van der Waals surface area contributed by atoms with Crippen LogP contribution in [-0.4, -0.2) is 25.3 Å². The second kappa shape index (κ2) is 5.59. The lowest BCUT2D eigenvalue weighted by Crippen LogP contribution is -2.04. The zero-order valence-corrected chi connectivity index (χ0v) is 12.2. The molecule has 0 aliphatic heterocycles. The minimum absolute atomic E-state index is 0.0777. The van der Waals surface area contributed by atoms with Crippen molar-refractivity contribution in [1.82, 2.24) is 0 Å². The Morgan fingerprint density at radius 2 is 1.85 bits per heavy atom. The first kappa shape index (κ1) is 14.5. The minimum atomic E-state index is -0.895. The molecule has 1 N–H and O–H groups in total. The van der Waals surface area contributed by atoms with Crippen LogP contribution in [0.25, 0.3) is 10.8 Å². The molecule has 5 heteroatoms. The Morgan fingerprint density at radius 1 is 1.20 bits per heavy atom. The third kappa shape index (κ3) is 2.39. The van der Waals surface area contributed by atoms with E-state index in [2.05, 4.69) is 0 Å². The molecule has 0 saturated carbocycles. The topological polar surface area (TPSA) is 55.8 Å². The van der Waals surface area contributed by atoms with Crippen LogP contribution in [0.2, 0.25) is 5.02 Å². The fraction of sp³-hybridized carbons (Fsp3) is 0.267. The van der Waals surface area contributed by atoms with E-state index in [-0.39, 0.29) is 6.42 Å². The molecule has 2 aromatic carbocycles. The van der Waals surface area contributed by atoms with Gasteiger partial charge in [0, 0.05) is 10.4 Å². The Bertz CT molecular complexity index is 679. The highest BCUT2D eigenvalue weighted by Gasteiger charge is 2.17. The summed E-state index contributed by atoms with van der Waals surface area (Å²) in [6.07, 6.45) is -0.0777. The Morgan fingerprint density at radius 3 is 2.40 bits per heavy atom. The molecule has 0 atom stereocenters. The van der Waals surface area contributed by atoms with Crippen LogP contribution in [0.15, 0.2) is 18.2 Å². The summed E-state index contributed by atoms with van der Waals surface area (Å²) in [5.74, 6) is 0.306. The normalized spacial score (nSPS) is 10.6. The average molecular weight is 295 g/mol. The molecule has 0 bridgehead atoms. The van der Waals surface area contributed by atoms with Gasteiger partial charge in [0.2, 0.25) is 0 Å². The van der Waals surface area contributed by atoms with Crippen LogP contribution < -0.4 is 9.47 Å². The first-order valence-corrected chi connectivity index (χ1v) is 6.41. The molecule has 0 aliphatic carbocycles. The Labute approximate surface area is 121 Å². The van der Waals surface area contributed by atoms with Crippen molar-refractivity contribution in [2.45, 2.75) is 13.3 Å².